The average molecular weight is 303 g/mol. The Kier molecular flexibility index (Phi) is 3.71. The highest BCUT2D eigenvalue weighted by Gasteiger charge is 2.29. The highest BCUT2D eigenvalue weighted by atomic mass is 32.2. The summed E-state index contributed by atoms with van der Waals surface area (Å²) >= 11 is 1.99. The summed E-state index contributed by atoms with van der Waals surface area (Å²) in [5.74, 6) is 1.21. The monoisotopic (exact) mass is 303 g/mol. The van der Waals surface area contributed by atoms with Crippen molar-refractivity contribution in [3.8, 4) is 0 Å². The molecule has 1 aromatic carbocycles. The van der Waals surface area contributed by atoms with E-state index in [1.165, 1.54) is 24.7 Å². The predicted octanol–water partition coefficient (Wildman–Crippen LogP) is 3.84. The lowest BCUT2D eigenvalue weighted by molar-refractivity contribution is -0.383. The second-order valence-electron chi connectivity index (χ2n) is 5.54. The topological polar surface area (TPSA) is 68.1 Å². The third-order valence-corrected chi connectivity index (χ3v) is 5.44. The van der Waals surface area contributed by atoms with Crippen LogP contribution in [0.15, 0.2) is 30.5 Å². The molecule has 1 atom stereocenters. The molecule has 1 saturated heterocycles. The Hall–Kier alpha value is -1.82. The Morgan fingerprint density at radius 2 is 2.33 bits per heavy atom. The number of pyridine rings is 1. The zero-order chi connectivity index (χ0) is 14.9. The van der Waals surface area contributed by atoms with E-state index in [1.807, 2.05) is 23.9 Å². The number of nitrogens with zero attached hydrogens (tertiary/aromatic N) is 2. The van der Waals surface area contributed by atoms with Crippen molar-refractivity contribution in [1.29, 1.82) is 0 Å². The van der Waals surface area contributed by atoms with Crippen LogP contribution < -0.4 is 5.32 Å². The fraction of sp³-hybridized carbons (Fsp3) is 0.400. The van der Waals surface area contributed by atoms with E-state index >= 15 is 0 Å². The molecule has 5 nitrogen and oxygen atoms in total. The summed E-state index contributed by atoms with van der Waals surface area (Å²) in [6.07, 6.45) is 4.05. The minimum Gasteiger partial charge on any atom is -0.383 e. The maximum atomic E-state index is 11.1. The van der Waals surface area contributed by atoms with E-state index in [0.29, 0.717) is 5.52 Å². The molecule has 21 heavy (non-hydrogen) atoms. The summed E-state index contributed by atoms with van der Waals surface area (Å²) < 4.78 is 0.246. The number of nitro benzene ring substituents is 1. The van der Waals surface area contributed by atoms with Gasteiger partial charge in [0.2, 0.25) is 0 Å². The fourth-order valence-electron chi connectivity index (χ4n) is 2.72. The molecule has 0 saturated carbocycles. The smallest absolute Gasteiger partial charge is 0.295 e. The van der Waals surface area contributed by atoms with Crippen LogP contribution in [0.3, 0.4) is 0 Å². The molecule has 2 heterocycles. The molecule has 1 aromatic heterocycles. The Bertz CT molecular complexity index is 684. The van der Waals surface area contributed by atoms with Gasteiger partial charge in [-0.15, -0.1) is 0 Å². The summed E-state index contributed by atoms with van der Waals surface area (Å²) in [5, 5.41) is 15.3. The maximum Gasteiger partial charge on any atom is 0.295 e. The minimum absolute atomic E-state index is 0.0533. The molecular weight excluding hydrogens is 286 g/mol. The number of anilines is 1. The second-order valence-corrected chi connectivity index (χ2v) is 7.23. The van der Waals surface area contributed by atoms with E-state index in [9.17, 15) is 10.1 Å². The number of non-ortho nitro benzene ring substituents is 1. The van der Waals surface area contributed by atoms with E-state index < -0.39 is 0 Å². The number of nitro groups is 1. The SMILES string of the molecule is CC1(CNc2ccc([N+](=O)[O-])c3ncccc23)CCCS1. The van der Waals surface area contributed by atoms with Gasteiger partial charge in [0, 0.05) is 34.6 Å². The quantitative estimate of drug-likeness (QED) is 0.686. The Balaban J connectivity index is 1.92. The number of fused-ring (bicyclic) bond motifs is 1. The van der Waals surface area contributed by atoms with Gasteiger partial charge in [-0.2, -0.15) is 11.8 Å². The van der Waals surface area contributed by atoms with Crippen LogP contribution in [0.4, 0.5) is 11.4 Å². The first kappa shape index (κ1) is 14.1. The van der Waals surface area contributed by atoms with Gasteiger partial charge in [-0.25, -0.2) is 4.98 Å². The van der Waals surface area contributed by atoms with E-state index in [-0.39, 0.29) is 15.4 Å². The molecule has 0 amide bonds. The van der Waals surface area contributed by atoms with E-state index in [4.69, 9.17) is 0 Å². The summed E-state index contributed by atoms with van der Waals surface area (Å²) in [6.45, 7) is 3.13. The van der Waals surface area contributed by atoms with Crippen LogP contribution in [0.5, 0.6) is 0 Å². The van der Waals surface area contributed by atoms with Crippen LogP contribution >= 0.6 is 11.8 Å². The molecule has 3 rings (SSSR count). The van der Waals surface area contributed by atoms with Crippen LogP contribution in [0.1, 0.15) is 19.8 Å². The van der Waals surface area contributed by atoms with Crippen molar-refractivity contribution in [2.45, 2.75) is 24.5 Å². The van der Waals surface area contributed by atoms with Crippen LogP contribution in [0.2, 0.25) is 0 Å². The Labute approximate surface area is 127 Å². The molecule has 0 radical (unpaired) electrons. The van der Waals surface area contributed by atoms with Crippen molar-refractivity contribution in [2.24, 2.45) is 0 Å². The van der Waals surface area contributed by atoms with Crippen molar-refractivity contribution in [3.05, 3.63) is 40.6 Å². The first-order valence-electron chi connectivity index (χ1n) is 6.99. The molecular formula is C15H17N3O2S. The molecule has 0 spiro atoms. The first-order chi connectivity index (χ1) is 10.1. The van der Waals surface area contributed by atoms with Crippen molar-refractivity contribution in [2.75, 3.05) is 17.6 Å². The summed E-state index contributed by atoms with van der Waals surface area (Å²) in [5.41, 5.74) is 1.41. The summed E-state index contributed by atoms with van der Waals surface area (Å²) in [4.78, 5) is 14.9. The first-order valence-corrected chi connectivity index (χ1v) is 7.98. The standard InChI is InChI=1S/C15H17N3O2S/c1-15(7-3-9-21-15)10-17-12-5-6-13(18(19)20)14-11(12)4-2-8-16-14/h2,4-6,8,17H,3,7,9-10H2,1H3. The number of nitrogens with one attached hydrogen (secondary N) is 1. The molecule has 110 valence electrons. The molecule has 1 fully saturated rings. The molecule has 0 aliphatic carbocycles. The lowest BCUT2D eigenvalue weighted by atomic mass is 10.1. The van der Waals surface area contributed by atoms with Crippen LogP contribution in [-0.2, 0) is 0 Å². The van der Waals surface area contributed by atoms with Gasteiger partial charge in [0.15, 0.2) is 0 Å². The van der Waals surface area contributed by atoms with Crippen molar-refractivity contribution in [1.82, 2.24) is 4.98 Å². The lowest BCUT2D eigenvalue weighted by Crippen LogP contribution is -2.27. The molecule has 1 aliphatic rings. The number of hydrogen-bond donors (Lipinski definition) is 1. The normalized spacial score (nSPS) is 21.6. The van der Waals surface area contributed by atoms with Gasteiger partial charge in [0.1, 0.15) is 5.52 Å². The summed E-state index contributed by atoms with van der Waals surface area (Å²) in [7, 11) is 0. The number of aromatic nitrogens is 1. The zero-order valence-corrected chi connectivity index (χ0v) is 12.7. The van der Waals surface area contributed by atoms with Gasteiger partial charge in [0.25, 0.3) is 5.69 Å². The molecule has 1 aliphatic heterocycles. The molecule has 0 bridgehead atoms. The minimum atomic E-state index is -0.382. The molecule has 2 aromatic rings. The van der Waals surface area contributed by atoms with Gasteiger partial charge in [-0.05, 0) is 43.7 Å². The highest BCUT2D eigenvalue weighted by Crippen LogP contribution is 2.38. The number of rotatable bonds is 4. The average Bonchev–Trinajstić information content (AvgIpc) is 2.91. The lowest BCUT2D eigenvalue weighted by Gasteiger charge is -2.24. The molecule has 1 unspecified atom stereocenters. The second kappa shape index (κ2) is 5.52. The van der Waals surface area contributed by atoms with Gasteiger partial charge >= 0.3 is 0 Å². The zero-order valence-electron chi connectivity index (χ0n) is 11.8. The molecule has 1 N–H and O–H groups in total. The van der Waals surface area contributed by atoms with E-state index in [0.717, 1.165) is 17.6 Å². The van der Waals surface area contributed by atoms with Gasteiger partial charge in [-0.1, -0.05) is 0 Å². The van der Waals surface area contributed by atoms with Gasteiger partial charge in [0.05, 0.1) is 4.92 Å². The highest BCUT2D eigenvalue weighted by molar-refractivity contribution is 8.00. The Morgan fingerprint density at radius 3 is 3.05 bits per heavy atom. The number of hydrogen-bond acceptors (Lipinski definition) is 5. The number of thioether (sulfide) groups is 1. The third-order valence-electron chi connectivity index (χ3n) is 3.90. The van der Waals surface area contributed by atoms with Crippen molar-refractivity contribution >= 4 is 34.0 Å². The van der Waals surface area contributed by atoms with Gasteiger partial charge in [-0.3, -0.25) is 10.1 Å². The maximum absolute atomic E-state index is 11.1. The van der Waals surface area contributed by atoms with Crippen LogP contribution in [0.25, 0.3) is 10.9 Å². The number of benzene rings is 1. The third kappa shape index (κ3) is 2.81. The van der Waals surface area contributed by atoms with Crippen molar-refractivity contribution in [3.63, 3.8) is 0 Å². The predicted molar refractivity (Wildman–Crippen MR) is 87.0 cm³/mol. The molecule has 6 heteroatoms. The Morgan fingerprint density at radius 1 is 1.48 bits per heavy atom. The van der Waals surface area contributed by atoms with Gasteiger partial charge < -0.3 is 5.32 Å². The van der Waals surface area contributed by atoms with Crippen LogP contribution in [-0.4, -0.2) is 27.0 Å². The van der Waals surface area contributed by atoms with E-state index in [2.05, 4.69) is 17.2 Å². The van der Waals surface area contributed by atoms with Crippen LogP contribution in [0, 0.1) is 10.1 Å². The summed E-state index contributed by atoms with van der Waals surface area (Å²) in [6, 6.07) is 7.00. The van der Waals surface area contributed by atoms with E-state index in [1.54, 1.807) is 12.3 Å². The van der Waals surface area contributed by atoms with Crippen molar-refractivity contribution < 1.29 is 4.92 Å². The fourth-order valence-corrected chi connectivity index (χ4v) is 3.96. The largest absolute Gasteiger partial charge is 0.383 e.